The fraction of sp³-hybridized carbons (Fsp3) is 0. The van der Waals surface area contributed by atoms with E-state index in [1.165, 1.54) is 48.5 Å². The normalized spacial score (nSPS) is 12.3. The predicted molar refractivity (Wildman–Crippen MR) is 237 cm³/mol. The Bertz CT molecular complexity index is 3870. The summed E-state index contributed by atoms with van der Waals surface area (Å²) in [6, 6.07) is 19.6. The van der Waals surface area contributed by atoms with Gasteiger partial charge in [0.05, 0.1) is 26.1 Å². The van der Waals surface area contributed by atoms with E-state index in [9.17, 15) is 92.5 Å². The van der Waals surface area contributed by atoms with Crippen molar-refractivity contribution in [3.8, 4) is 23.0 Å². The van der Waals surface area contributed by atoms with Crippen molar-refractivity contribution < 1.29 is 99.5 Å². The molecule has 0 bridgehead atoms. The molecule has 0 aliphatic heterocycles. The van der Waals surface area contributed by atoms with Gasteiger partial charge in [0.15, 0.2) is 5.75 Å². The summed E-state index contributed by atoms with van der Waals surface area (Å²) in [7, 11) is -19.6. The van der Waals surface area contributed by atoms with Gasteiger partial charge in [0.25, 0.3) is 41.7 Å². The first-order valence-corrected chi connectivity index (χ1v) is 24.4. The number of benzene rings is 8. The summed E-state index contributed by atoms with van der Waals surface area (Å²) >= 11 is 0. The Morgan fingerprint density at radius 3 is 1.44 bits per heavy atom. The fourth-order valence-corrected chi connectivity index (χ4v) is 9.80. The van der Waals surface area contributed by atoms with Gasteiger partial charge in [-0.3, -0.25) is 33.9 Å². The Morgan fingerprint density at radius 1 is 0.479 bits per heavy atom. The van der Waals surface area contributed by atoms with Crippen LogP contribution in [0.1, 0.15) is 0 Å². The van der Waals surface area contributed by atoms with Crippen LogP contribution < -0.4 is 10.2 Å². The number of hydrogen-bond acceptors (Lipinski definition) is 21. The molecule has 0 saturated heterocycles. The van der Waals surface area contributed by atoms with Gasteiger partial charge in [0.2, 0.25) is 0 Å². The van der Waals surface area contributed by atoms with Crippen molar-refractivity contribution in [2.75, 3.05) is 0 Å². The van der Waals surface area contributed by atoms with Crippen molar-refractivity contribution in [2.45, 2.75) is 19.6 Å². The van der Waals surface area contributed by atoms with Crippen LogP contribution >= 0.6 is 0 Å². The second-order valence-electron chi connectivity index (χ2n) is 14.3. The Morgan fingerprint density at radius 2 is 0.930 bits per heavy atom. The number of phenols is 2. The minimum Gasteiger partial charge on any atom is -0.871 e. The largest absolute Gasteiger partial charge is 3.00 e. The predicted octanol–water partition coefficient (Wildman–Crippen LogP) is 6.83. The molecule has 0 aromatic heterocycles. The summed E-state index contributed by atoms with van der Waals surface area (Å²) in [5, 5.41) is 82.3. The third kappa shape index (κ3) is 10.5. The molecular formula is C40H23CrN6O20S4. The Balaban J connectivity index is 0.000000229. The molecule has 26 nitrogen and oxygen atoms in total. The van der Waals surface area contributed by atoms with Gasteiger partial charge < -0.3 is 25.0 Å². The van der Waals surface area contributed by atoms with Gasteiger partial charge in [-0.05, 0) is 58.6 Å². The van der Waals surface area contributed by atoms with E-state index in [1.54, 1.807) is 0 Å². The number of phenolic OH excluding ortho intramolecular Hbond substituents is 2. The van der Waals surface area contributed by atoms with Crippen LogP contribution in [0.2, 0.25) is 0 Å². The molecule has 1 radical (unpaired) electrons. The van der Waals surface area contributed by atoms with E-state index in [1.807, 2.05) is 0 Å². The molecule has 0 aliphatic rings. The molecule has 8 aromatic carbocycles. The van der Waals surface area contributed by atoms with Crippen LogP contribution in [0.3, 0.4) is 0 Å². The van der Waals surface area contributed by atoms with Crippen LogP contribution in [0.25, 0.3) is 43.1 Å². The maximum absolute atomic E-state index is 12.8. The summed E-state index contributed by atoms with van der Waals surface area (Å²) in [4.78, 5) is 17.6. The van der Waals surface area contributed by atoms with Crippen molar-refractivity contribution in [1.29, 1.82) is 0 Å². The van der Waals surface area contributed by atoms with Gasteiger partial charge in [0.1, 0.15) is 41.9 Å². The SMILES string of the molecule is O=[N+]([O-])c1ccc2c(N=Nc3ccc4cccc(S(=O)(=O)O)c4c3O)c(O)cc(S(=O)(=O)O)c2c1.O=[N+]([O-])c1ccc2c(N=Nc3ccc4cccc(S(=O)(=O)[O-])c4c3[O-])c([O-])cc(S(=O)(=O)O)c2c1.[Cr+3]. The van der Waals surface area contributed by atoms with E-state index in [2.05, 4.69) is 20.5 Å². The number of fused-ring (bicyclic) bond motifs is 4. The second kappa shape index (κ2) is 19.2. The molecule has 31 heteroatoms. The van der Waals surface area contributed by atoms with E-state index in [0.29, 0.717) is 12.1 Å². The maximum atomic E-state index is 12.8. The molecule has 0 amide bonds. The van der Waals surface area contributed by atoms with Crippen molar-refractivity contribution in [3.63, 3.8) is 0 Å². The van der Waals surface area contributed by atoms with Gasteiger partial charge >= 0.3 is 17.4 Å². The third-order valence-electron chi connectivity index (χ3n) is 9.99. The number of nitrogens with zero attached hydrogens (tertiary/aromatic N) is 6. The molecule has 71 heavy (non-hydrogen) atoms. The summed E-state index contributed by atoms with van der Waals surface area (Å²) in [5.74, 6) is -3.43. The fourth-order valence-electron chi connectivity index (χ4n) is 6.96. The number of rotatable bonds is 10. The summed E-state index contributed by atoms with van der Waals surface area (Å²) in [5.41, 5.74) is -2.62. The summed E-state index contributed by atoms with van der Waals surface area (Å²) < 4.78 is 134. The molecule has 0 heterocycles. The molecule has 5 N–H and O–H groups in total. The van der Waals surface area contributed by atoms with Gasteiger partial charge in [0, 0.05) is 57.3 Å². The monoisotopic (exact) mass is 1090 g/mol. The minimum atomic E-state index is -5.01. The molecular weight excluding hydrogens is 1060 g/mol. The molecule has 8 rings (SSSR count). The summed E-state index contributed by atoms with van der Waals surface area (Å²) in [6.45, 7) is 0. The van der Waals surface area contributed by atoms with Gasteiger partial charge in [-0.2, -0.15) is 35.5 Å². The molecule has 0 fully saturated rings. The quantitative estimate of drug-likeness (QED) is 0.0405. The zero-order valence-corrected chi connectivity index (χ0v) is 39.0. The van der Waals surface area contributed by atoms with Crippen molar-refractivity contribution in [1.82, 2.24) is 0 Å². The molecule has 0 aliphatic carbocycles. The van der Waals surface area contributed by atoms with Crippen LogP contribution in [0.15, 0.2) is 149 Å². The van der Waals surface area contributed by atoms with Crippen molar-refractivity contribution in [3.05, 3.63) is 129 Å². The number of azo groups is 2. The molecule has 8 aromatic rings. The van der Waals surface area contributed by atoms with Crippen LogP contribution in [-0.2, 0) is 57.8 Å². The van der Waals surface area contributed by atoms with E-state index in [-0.39, 0.29) is 61.1 Å². The average molecular weight is 1090 g/mol. The summed E-state index contributed by atoms with van der Waals surface area (Å²) in [6.07, 6.45) is 0. The zero-order valence-electron chi connectivity index (χ0n) is 34.5. The molecule has 363 valence electrons. The molecule has 0 unspecified atom stereocenters. The maximum Gasteiger partial charge on any atom is 3.00 e. The van der Waals surface area contributed by atoms with Gasteiger partial charge in [-0.25, -0.2) is 8.42 Å². The van der Waals surface area contributed by atoms with Crippen LogP contribution in [0.5, 0.6) is 23.0 Å². The Labute approximate surface area is 407 Å². The molecule has 0 saturated carbocycles. The van der Waals surface area contributed by atoms with E-state index in [4.69, 9.17) is 0 Å². The van der Waals surface area contributed by atoms with Crippen LogP contribution in [0.4, 0.5) is 34.1 Å². The van der Waals surface area contributed by atoms with Crippen LogP contribution in [0, 0.1) is 20.2 Å². The van der Waals surface area contributed by atoms with E-state index < -0.39 is 126 Å². The number of hydrogen-bond donors (Lipinski definition) is 5. The molecule has 0 spiro atoms. The number of non-ortho nitro benzene ring substituents is 2. The first kappa shape index (κ1) is 52.5. The first-order chi connectivity index (χ1) is 32.6. The van der Waals surface area contributed by atoms with E-state index >= 15 is 0 Å². The number of aromatic hydroxyl groups is 2. The topological polar surface area (TPSA) is 443 Å². The van der Waals surface area contributed by atoms with Crippen LogP contribution in [-0.4, -0.2) is 71.9 Å². The van der Waals surface area contributed by atoms with Crippen molar-refractivity contribution in [2.24, 2.45) is 20.5 Å². The number of nitro groups is 2. The Hall–Kier alpha value is -7.83. The third-order valence-corrected chi connectivity index (χ3v) is 13.6. The van der Waals surface area contributed by atoms with E-state index in [0.717, 1.165) is 48.5 Å². The molecule has 0 atom stereocenters. The smallest absolute Gasteiger partial charge is 0.871 e. The Kier molecular flexibility index (Phi) is 14.2. The first-order valence-electron chi connectivity index (χ1n) is 18.6. The van der Waals surface area contributed by atoms with Crippen molar-refractivity contribution >= 4 is 118 Å². The van der Waals surface area contributed by atoms with Gasteiger partial charge in [-0.1, -0.05) is 47.9 Å². The average Bonchev–Trinajstić information content (AvgIpc) is 3.27. The van der Waals surface area contributed by atoms with Gasteiger partial charge in [-0.15, -0.1) is 10.2 Å². The zero-order chi connectivity index (χ0) is 51.4. The second-order valence-corrected chi connectivity index (χ2v) is 19.8. The minimum absolute atomic E-state index is 0. The number of nitro benzene ring substituents is 2. The standard InChI is InChI=1S/2C20H13N3O10S2.Cr/c2*24-15-9-17(35(31,32)33)13-8-11(23(26)27)5-6-12(13)19(15)22-21-14-7-4-10-2-1-3-16(34(28,29)30)18(10)20(14)25;/h2*1-9,24-25H,(H,28,29,30)(H,31,32,33);/q;;+3/p-3.